The van der Waals surface area contributed by atoms with E-state index in [2.05, 4.69) is 41.2 Å². The van der Waals surface area contributed by atoms with Crippen molar-refractivity contribution in [2.45, 2.75) is 4.90 Å². The van der Waals surface area contributed by atoms with Crippen molar-refractivity contribution >= 4 is 24.8 Å². The van der Waals surface area contributed by atoms with Crippen LogP contribution in [0.5, 0.6) is 0 Å². The van der Waals surface area contributed by atoms with E-state index in [0.717, 1.165) is 0 Å². The molecular weight excluding hydrogens is 222 g/mol. The van der Waals surface area contributed by atoms with Gasteiger partial charge in [0.2, 0.25) is 0 Å². The predicted molar refractivity (Wildman–Crippen MR) is 69.9 cm³/mol. The predicted octanol–water partition coefficient (Wildman–Crippen LogP) is 3.80. The minimum Gasteiger partial charge on any atom is -0.206 e. The maximum atomic E-state index is 4.00. The van der Waals surface area contributed by atoms with Crippen molar-refractivity contribution in [2.24, 2.45) is 0 Å². The number of rotatable bonds is 3. The number of benzene rings is 2. The molecule has 15 heavy (non-hydrogen) atoms. The van der Waals surface area contributed by atoms with Gasteiger partial charge in [-0.05, 0) is 29.1 Å². The lowest BCUT2D eigenvalue weighted by Crippen LogP contribution is -1.86. The molecule has 0 fully saturated rings. The van der Waals surface area contributed by atoms with Crippen LogP contribution >= 0.6 is 24.8 Å². The number of hydrogen-bond acceptors (Lipinski definition) is 3. The fraction of sp³-hybridized carbons (Fsp3) is 0. The van der Waals surface area contributed by atoms with E-state index in [1.807, 2.05) is 30.3 Å². The summed E-state index contributed by atoms with van der Waals surface area (Å²) in [4.78, 5) is 1.18. The Kier molecular flexibility index (Phi) is 3.72. The van der Waals surface area contributed by atoms with Gasteiger partial charge in [-0.25, -0.2) is 4.13 Å². The number of thiol groups is 1. The van der Waals surface area contributed by atoms with E-state index < -0.39 is 0 Å². The number of hydrogen-bond donors (Lipinski definition) is 2. The minimum absolute atomic E-state index is 1.18. The first kappa shape index (κ1) is 10.6. The topological polar surface area (TPSA) is 12.0 Å². The van der Waals surface area contributed by atoms with Crippen LogP contribution in [0.2, 0.25) is 0 Å². The summed E-state index contributed by atoms with van der Waals surface area (Å²) >= 11 is 5.52. The first-order valence-corrected chi connectivity index (χ1v) is 5.88. The average Bonchev–Trinajstić information content (AvgIpc) is 2.31. The van der Waals surface area contributed by atoms with Crippen molar-refractivity contribution < 1.29 is 0 Å². The van der Waals surface area contributed by atoms with E-state index in [-0.39, 0.29) is 0 Å². The molecule has 0 spiro atoms. The first-order valence-electron chi connectivity index (χ1n) is 4.62. The number of nitrogens with one attached hydrogen (secondary N) is 1. The van der Waals surface area contributed by atoms with Crippen molar-refractivity contribution in [2.75, 3.05) is 0 Å². The Balaban J connectivity index is 2.43. The molecule has 1 N–H and O–H groups in total. The largest absolute Gasteiger partial charge is 0.206 e. The summed E-state index contributed by atoms with van der Waals surface area (Å²) in [6.45, 7) is 0. The highest BCUT2D eigenvalue weighted by Gasteiger charge is 2.03. The summed E-state index contributed by atoms with van der Waals surface area (Å²) in [6.07, 6.45) is 0. The van der Waals surface area contributed by atoms with E-state index in [4.69, 9.17) is 0 Å². The second-order valence-corrected chi connectivity index (χ2v) is 4.43. The molecule has 2 aromatic carbocycles. The van der Waals surface area contributed by atoms with Gasteiger partial charge in [0.15, 0.2) is 0 Å². The zero-order valence-electron chi connectivity index (χ0n) is 8.05. The Morgan fingerprint density at radius 1 is 0.867 bits per heavy atom. The molecule has 0 aliphatic rings. The van der Waals surface area contributed by atoms with Gasteiger partial charge in [0.1, 0.15) is 0 Å². The highest BCUT2D eigenvalue weighted by molar-refractivity contribution is 8.06. The molecule has 0 bridgehead atoms. The lowest BCUT2D eigenvalue weighted by Gasteiger charge is -2.07. The fourth-order valence-corrected chi connectivity index (χ4v) is 2.30. The second kappa shape index (κ2) is 5.26. The molecule has 0 saturated heterocycles. The van der Waals surface area contributed by atoms with Crippen molar-refractivity contribution in [1.29, 1.82) is 0 Å². The molecular formula is C12H11NS2. The summed E-state index contributed by atoms with van der Waals surface area (Å²) in [5.74, 6) is 0. The summed E-state index contributed by atoms with van der Waals surface area (Å²) in [5.41, 5.74) is 2.45. The third-order valence-electron chi connectivity index (χ3n) is 2.13. The summed E-state index contributed by atoms with van der Waals surface area (Å²) in [6, 6.07) is 18.6. The molecule has 0 saturated carbocycles. The summed E-state index contributed by atoms with van der Waals surface area (Å²) in [7, 11) is 0. The van der Waals surface area contributed by atoms with E-state index in [9.17, 15) is 0 Å². The molecule has 0 aliphatic carbocycles. The molecule has 0 atom stereocenters. The Morgan fingerprint density at radius 3 is 2.27 bits per heavy atom. The van der Waals surface area contributed by atoms with Gasteiger partial charge in [0.05, 0.1) is 0 Å². The van der Waals surface area contributed by atoms with Crippen LogP contribution in [0.25, 0.3) is 11.1 Å². The maximum Gasteiger partial charge on any atom is 0.0314 e. The molecule has 0 unspecified atom stereocenters. The van der Waals surface area contributed by atoms with E-state index in [1.165, 1.54) is 28.0 Å². The molecule has 0 heterocycles. The average molecular weight is 233 g/mol. The van der Waals surface area contributed by atoms with E-state index in [1.54, 1.807) is 0 Å². The summed E-state index contributed by atoms with van der Waals surface area (Å²) in [5, 5.41) is 0. The van der Waals surface area contributed by atoms with Gasteiger partial charge in [-0.1, -0.05) is 61.3 Å². The highest BCUT2D eigenvalue weighted by atomic mass is 32.2. The van der Waals surface area contributed by atoms with Crippen LogP contribution in [0.1, 0.15) is 0 Å². The van der Waals surface area contributed by atoms with Crippen LogP contribution < -0.4 is 4.13 Å². The summed E-state index contributed by atoms with van der Waals surface area (Å²) < 4.78 is 2.81. The molecule has 0 aliphatic heterocycles. The van der Waals surface area contributed by atoms with Gasteiger partial charge >= 0.3 is 0 Å². The van der Waals surface area contributed by atoms with Gasteiger partial charge in [0, 0.05) is 4.90 Å². The fourth-order valence-electron chi connectivity index (χ4n) is 1.46. The van der Waals surface area contributed by atoms with Crippen LogP contribution in [-0.4, -0.2) is 0 Å². The molecule has 2 rings (SSSR count). The van der Waals surface area contributed by atoms with Gasteiger partial charge in [-0.2, -0.15) is 0 Å². The van der Waals surface area contributed by atoms with Crippen LogP contribution in [-0.2, 0) is 0 Å². The monoisotopic (exact) mass is 233 g/mol. The van der Waals surface area contributed by atoms with E-state index in [0.29, 0.717) is 0 Å². The molecule has 0 amide bonds. The normalized spacial score (nSPS) is 10.2. The van der Waals surface area contributed by atoms with Crippen molar-refractivity contribution in [3.05, 3.63) is 54.6 Å². The van der Waals surface area contributed by atoms with Crippen LogP contribution in [0.4, 0.5) is 0 Å². The van der Waals surface area contributed by atoms with Crippen LogP contribution in [0.15, 0.2) is 59.5 Å². The second-order valence-electron chi connectivity index (χ2n) is 3.06. The Hall–Kier alpha value is -0.900. The van der Waals surface area contributed by atoms with Crippen molar-refractivity contribution in [1.82, 2.24) is 4.13 Å². The SMILES string of the molecule is SNSc1ccccc1-c1ccccc1. The maximum absolute atomic E-state index is 4.00. The quantitative estimate of drug-likeness (QED) is 0.618. The lowest BCUT2D eigenvalue weighted by atomic mass is 10.1. The van der Waals surface area contributed by atoms with Gasteiger partial charge in [-0.3, -0.25) is 0 Å². The molecule has 0 radical (unpaired) electrons. The molecule has 76 valence electrons. The Morgan fingerprint density at radius 2 is 1.53 bits per heavy atom. The molecule has 1 nitrogen and oxygen atoms in total. The zero-order chi connectivity index (χ0) is 10.5. The third-order valence-corrected chi connectivity index (χ3v) is 3.07. The van der Waals surface area contributed by atoms with Crippen LogP contribution in [0.3, 0.4) is 0 Å². The van der Waals surface area contributed by atoms with Crippen LogP contribution in [0, 0.1) is 0 Å². The van der Waals surface area contributed by atoms with Gasteiger partial charge in [0.25, 0.3) is 0 Å². The lowest BCUT2D eigenvalue weighted by molar-refractivity contribution is 1.43. The van der Waals surface area contributed by atoms with Gasteiger partial charge < -0.3 is 0 Å². The molecule has 0 aromatic heterocycles. The smallest absolute Gasteiger partial charge is 0.0314 e. The third kappa shape index (κ3) is 2.56. The Labute approximate surface area is 99.6 Å². The first-order chi connectivity index (χ1) is 7.42. The van der Waals surface area contributed by atoms with E-state index >= 15 is 0 Å². The minimum atomic E-state index is 1.18. The molecule has 3 heteroatoms. The zero-order valence-corrected chi connectivity index (χ0v) is 9.76. The van der Waals surface area contributed by atoms with Gasteiger partial charge in [-0.15, -0.1) is 0 Å². The molecule has 2 aromatic rings. The highest BCUT2D eigenvalue weighted by Crippen LogP contribution is 2.29. The van der Waals surface area contributed by atoms with Crippen molar-refractivity contribution in [3.63, 3.8) is 0 Å². The Bertz CT molecular complexity index is 429. The standard InChI is InChI=1S/C12H11NS2/c14-13-15-12-9-5-4-8-11(12)10-6-2-1-3-7-10/h1-9,13-14H. The van der Waals surface area contributed by atoms with Crippen molar-refractivity contribution in [3.8, 4) is 11.1 Å².